The van der Waals surface area contributed by atoms with Gasteiger partial charge in [0.05, 0.1) is 22.2 Å². The van der Waals surface area contributed by atoms with Crippen molar-refractivity contribution in [1.29, 1.82) is 0 Å². The lowest BCUT2D eigenvalue weighted by Gasteiger charge is -2.11. The van der Waals surface area contributed by atoms with E-state index in [2.05, 4.69) is 14.8 Å². The van der Waals surface area contributed by atoms with Crippen molar-refractivity contribution >= 4 is 33.0 Å². The molecule has 0 unspecified atom stereocenters. The maximum Gasteiger partial charge on any atom is 0.416 e. The number of halogens is 3. The first-order valence-electron chi connectivity index (χ1n) is 10.2. The number of carbonyl (C=O) groups is 1. The number of hydrogen-bond acceptors (Lipinski definition) is 7. The van der Waals surface area contributed by atoms with Crippen LogP contribution >= 0.6 is 11.3 Å². The monoisotopic (exact) mass is 496 g/mol. The summed E-state index contributed by atoms with van der Waals surface area (Å²) in [7, 11) is 1.39. The number of nitrogens with zero attached hydrogens (tertiary/aromatic N) is 3. The van der Waals surface area contributed by atoms with Gasteiger partial charge in [0.15, 0.2) is 13.0 Å². The van der Waals surface area contributed by atoms with Crippen molar-refractivity contribution in [2.45, 2.75) is 6.18 Å². The summed E-state index contributed by atoms with van der Waals surface area (Å²) in [5.41, 5.74) is 7.65. The minimum atomic E-state index is -4.48. The third kappa shape index (κ3) is 3.89. The zero-order chi connectivity index (χ0) is 24.9. The second-order valence-electron chi connectivity index (χ2n) is 7.68. The van der Waals surface area contributed by atoms with Crippen LogP contribution in [0.5, 0.6) is 5.95 Å². The highest BCUT2D eigenvalue weighted by Crippen LogP contribution is 2.42. The smallest absolute Gasteiger partial charge is 0.416 e. The SMILES string of the molecule is C[n+]1noc([O-])c1C(=O)c1sc2nc(-c3ccccc3)cc(-c3ccc(C(F)(F)F)cc3)c2c1N. The summed E-state index contributed by atoms with van der Waals surface area (Å²) in [6.07, 6.45) is -4.48. The fourth-order valence-electron chi connectivity index (χ4n) is 3.77. The number of nitrogens with two attached hydrogens (primary N) is 1. The minimum absolute atomic E-state index is 0.0572. The molecule has 35 heavy (non-hydrogen) atoms. The number of ketones is 1. The largest absolute Gasteiger partial charge is 0.539 e. The van der Waals surface area contributed by atoms with Crippen LogP contribution in [0, 0.1) is 0 Å². The fourth-order valence-corrected chi connectivity index (χ4v) is 4.84. The van der Waals surface area contributed by atoms with Gasteiger partial charge < -0.3 is 15.4 Å². The number of carbonyl (C=O) groups excluding carboxylic acids is 1. The number of anilines is 1. The van der Waals surface area contributed by atoms with Crippen LogP contribution < -0.4 is 15.5 Å². The Labute approximate surface area is 199 Å². The maximum atomic E-state index is 13.2. The van der Waals surface area contributed by atoms with Crippen LogP contribution in [0.25, 0.3) is 32.6 Å². The van der Waals surface area contributed by atoms with Gasteiger partial charge >= 0.3 is 11.9 Å². The number of alkyl halides is 3. The first kappa shape index (κ1) is 22.5. The van der Waals surface area contributed by atoms with E-state index in [4.69, 9.17) is 5.73 Å². The molecule has 0 spiro atoms. The summed E-state index contributed by atoms with van der Waals surface area (Å²) >= 11 is 0.985. The predicted molar refractivity (Wildman–Crippen MR) is 120 cm³/mol. The first-order chi connectivity index (χ1) is 16.6. The summed E-state index contributed by atoms with van der Waals surface area (Å²) in [4.78, 5) is 18.3. The average molecular weight is 496 g/mol. The summed E-state index contributed by atoms with van der Waals surface area (Å²) in [5.74, 6) is -1.59. The molecule has 5 aromatic rings. The lowest BCUT2D eigenvalue weighted by molar-refractivity contribution is -0.741. The number of thiophene rings is 1. The molecule has 5 rings (SSSR count). The highest BCUT2D eigenvalue weighted by molar-refractivity contribution is 7.21. The molecule has 0 fully saturated rings. The van der Waals surface area contributed by atoms with E-state index in [9.17, 15) is 23.1 Å². The summed E-state index contributed by atoms with van der Waals surface area (Å²) in [6.45, 7) is 0. The molecule has 2 N–H and O–H groups in total. The van der Waals surface area contributed by atoms with Crippen molar-refractivity contribution in [2.24, 2.45) is 7.05 Å². The summed E-state index contributed by atoms with van der Waals surface area (Å²) < 4.78 is 44.9. The third-order valence-corrected chi connectivity index (χ3v) is 6.57. The molecule has 2 aromatic carbocycles. The number of fused-ring (bicyclic) bond motifs is 1. The number of pyridine rings is 1. The molecule has 11 heteroatoms. The molecule has 0 radical (unpaired) electrons. The van der Waals surface area contributed by atoms with Gasteiger partial charge in [-0.3, -0.25) is 4.79 Å². The van der Waals surface area contributed by atoms with Gasteiger partial charge in [-0.15, -0.1) is 11.3 Å². The molecule has 0 aliphatic carbocycles. The Hall–Kier alpha value is -4.25. The van der Waals surface area contributed by atoms with Crippen molar-refractivity contribution in [1.82, 2.24) is 10.3 Å². The molecule has 7 nitrogen and oxygen atoms in total. The van der Waals surface area contributed by atoms with E-state index in [0.717, 1.165) is 33.7 Å². The van der Waals surface area contributed by atoms with Gasteiger partial charge in [0.1, 0.15) is 9.71 Å². The van der Waals surface area contributed by atoms with Gasteiger partial charge in [0.25, 0.3) is 5.78 Å². The summed E-state index contributed by atoms with van der Waals surface area (Å²) in [5, 5.41) is 15.9. The first-order valence-corrected chi connectivity index (χ1v) is 11.0. The van der Waals surface area contributed by atoms with Crippen LogP contribution in [0.1, 0.15) is 20.9 Å². The Kier molecular flexibility index (Phi) is 5.28. The zero-order valence-electron chi connectivity index (χ0n) is 18.0. The molecular weight excluding hydrogens is 481 g/mol. The zero-order valence-corrected chi connectivity index (χ0v) is 18.8. The van der Waals surface area contributed by atoms with Crippen LogP contribution in [0.15, 0.2) is 65.2 Å². The number of nitrogen functional groups attached to an aromatic ring is 1. The van der Waals surface area contributed by atoms with Crippen LogP contribution in [0.4, 0.5) is 18.9 Å². The fraction of sp³-hybridized carbons (Fsp3) is 0.0833. The van der Waals surface area contributed by atoms with Crippen LogP contribution in [0.3, 0.4) is 0 Å². The number of aryl methyl sites for hydroxylation is 1. The Morgan fingerprint density at radius 1 is 1.09 bits per heavy atom. The van der Waals surface area contributed by atoms with E-state index in [-0.39, 0.29) is 16.3 Å². The Balaban J connectivity index is 1.75. The Morgan fingerprint density at radius 2 is 1.77 bits per heavy atom. The van der Waals surface area contributed by atoms with Gasteiger partial charge in [-0.1, -0.05) is 47.1 Å². The molecule has 3 aromatic heterocycles. The lowest BCUT2D eigenvalue weighted by atomic mass is 9.98. The normalized spacial score (nSPS) is 11.8. The highest BCUT2D eigenvalue weighted by atomic mass is 32.1. The molecule has 0 atom stereocenters. The molecule has 0 aliphatic heterocycles. The van der Waals surface area contributed by atoms with Crippen LogP contribution in [-0.4, -0.2) is 16.0 Å². The van der Waals surface area contributed by atoms with Crippen molar-refractivity contribution in [2.75, 3.05) is 5.73 Å². The number of aromatic nitrogens is 3. The molecular formula is C24H15F3N4O3S. The van der Waals surface area contributed by atoms with Gasteiger partial charge in [0.2, 0.25) is 0 Å². The van der Waals surface area contributed by atoms with Crippen LogP contribution in [-0.2, 0) is 13.2 Å². The molecule has 3 heterocycles. The van der Waals surface area contributed by atoms with Gasteiger partial charge in [-0.2, -0.15) is 13.2 Å². The maximum absolute atomic E-state index is 13.2. The lowest BCUT2D eigenvalue weighted by Crippen LogP contribution is -2.37. The van der Waals surface area contributed by atoms with Gasteiger partial charge in [-0.05, 0) is 29.3 Å². The number of rotatable bonds is 4. The second kappa shape index (κ2) is 8.20. The number of benzene rings is 2. The predicted octanol–water partition coefficient (Wildman–Crippen LogP) is 4.35. The van der Waals surface area contributed by atoms with Crippen molar-refractivity contribution in [3.05, 3.63) is 76.8 Å². The van der Waals surface area contributed by atoms with Gasteiger partial charge in [0, 0.05) is 10.9 Å². The second-order valence-corrected chi connectivity index (χ2v) is 8.68. The van der Waals surface area contributed by atoms with E-state index in [0.29, 0.717) is 27.0 Å². The van der Waals surface area contributed by atoms with E-state index in [1.165, 1.54) is 19.2 Å². The molecule has 0 saturated carbocycles. The highest BCUT2D eigenvalue weighted by Gasteiger charge is 2.31. The molecule has 0 amide bonds. The minimum Gasteiger partial charge on any atom is -0.539 e. The number of hydrogen-bond donors (Lipinski definition) is 1. The van der Waals surface area contributed by atoms with Gasteiger partial charge in [-0.25, -0.2) is 4.98 Å². The third-order valence-electron chi connectivity index (χ3n) is 5.48. The molecule has 0 bridgehead atoms. The van der Waals surface area contributed by atoms with Crippen LogP contribution in [0.2, 0.25) is 0 Å². The quantitative estimate of drug-likeness (QED) is 0.293. The Morgan fingerprint density at radius 3 is 2.37 bits per heavy atom. The molecule has 0 saturated heterocycles. The Bertz CT molecular complexity index is 1560. The van der Waals surface area contributed by atoms with E-state index >= 15 is 0 Å². The standard InChI is InChI=1S/C24H15F3N4O3S/c1-31-19(23(33)34-30-31)20(32)21-18(28)17-15(12-7-9-14(10-8-12)24(25,26)27)11-16(29-22(17)35-21)13-5-3-2-4-6-13/h2-11H,1H3,(H2-,28,30,32,33). The van der Waals surface area contributed by atoms with Crippen molar-refractivity contribution in [3.8, 4) is 28.3 Å². The molecule has 176 valence electrons. The van der Waals surface area contributed by atoms with Crippen molar-refractivity contribution < 1.29 is 32.3 Å². The van der Waals surface area contributed by atoms with Crippen molar-refractivity contribution in [3.63, 3.8) is 0 Å². The van der Waals surface area contributed by atoms with E-state index in [1.54, 1.807) is 6.07 Å². The van der Waals surface area contributed by atoms with E-state index in [1.807, 2.05) is 30.3 Å². The topological polar surface area (TPSA) is 109 Å². The summed E-state index contributed by atoms with van der Waals surface area (Å²) in [6, 6.07) is 15.6. The van der Waals surface area contributed by atoms with E-state index < -0.39 is 23.5 Å². The molecule has 0 aliphatic rings. The average Bonchev–Trinajstić information content (AvgIpc) is 3.36.